The maximum absolute atomic E-state index is 5.28. The molecule has 0 heterocycles. The molecule has 1 unspecified atom stereocenters. The van der Waals surface area contributed by atoms with Gasteiger partial charge in [0.05, 0.1) is 5.92 Å². The topological polar surface area (TPSA) is 0 Å². The third-order valence-corrected chi connectivity index (χ3v) is 1.33. The zero-order chi connectivity index (χ0) is 9.23. The summed E-state index contributed by atoms with van der Waals surface area (Å²) < 4.78 is 0. The van der Waals surface area contributed by atoms with Crippen LogP contribution in [-0.4, -0.2) is 0 Å². The fourth-order valence-corrected chi connectivity index (χ4v) is 0.695. The van der Waals surface area contributed by atoms with Crippen molar-refractivity contribution < 1.29 is 0 Å². The number of hydrogen-bond donors (Lipinski definition) is 0. The van der Waals surface area contributed by atoms with Crippen molar-refractivity contribution in [1.82, 2.24) is 0 Å². The first-order chi connectivity index (χ1) is 5.85. The fraction of sp³-hybridized carbons (Fsp3) is 0.333. The average molecular weight is 158 g/mol. The Kier molecular flexibility index (Phi) is 6.81. The second kappa shape index (κ2) is 7.70. The van der Waals surface area contributed by atoms with Crippen molar-refractivity contribution in [2.75, 3.05) is 0 Å². The van der Waals surface area contributed by atoms with Gasteiger partial charge in [0.1, 0.15) is 0 Å². The van der Waals surface area contributed by atoms with E-state index in [1.165, 1.54) is 0 Å². The molecule has 0 amide bonds. The van der Waals surface area contributed by atoms with Crippen LogP contribution in [0.1, 0.15) is 19.8 Å². The van der Waals surface area contributed by atoms with E-state index in [2.05, 4.69) is 24.3 Å². The van der Waals surface area contributed by atoms with Gasteiger partial charge in [-0.2, -0.15) is 0 Å². The minimum Gasteiger partial charge on any atom is -0.119 e. The van der Waals surface area contributed by atoms with E-state index in [-0.39, 0.29) is 5.92 Å². The first-order valence-corrected chi connectivity index (χ1v) is 4.01. The lowest BCUT2D eigenvalue weighted by atomic mass is 10.1. The summed E-state index contributed by atoms with van der Waals surface area (Å²) in [6, 6.07) is 0. The zero-order valence-corrected chi connectivity index (χ0v) is 7.51. The Hall–Kier alpha value is -1.40. The van der Waals surface area contributed by atoms with Gasteiger partial charge in [0.15, 0.2) is 0 Å². The number of terminal acetylenes is 1. The quantitative estimate of drug-likeness (QED) is 0.437. The normalized spacial score (nSPS) is 11.3. The van der Waals surface area contributed by atoms with Crippen LogP contribution in [-0.2, 0) is 0 Å². The molecule has 0 aromatic heterocycles. The number of hydrogen-bond acceptors (Lipinski definition) is 0. The molecule has 0 heteroatoms. The van der Waals surface area contributed by atoms with Crippen LogP contribution in [0, 0.1) is 30.1 Å². The molecule has 12 heavy (non-hydrogen) atoms. The third-order valence-electron chi connectivity index (χ3n) is 1.33. The predicted molar refractivity (Wildman–Crippen MR) is 54.3 cm³/mol. The molecular formula is C12H14. The maximum atomic E-state index is 5.28. The zero-order valence-electron chi connectivity index (χ0n) is 7.51. The molecule has 0 rings (SSSR count). The van der Waals surface area contributed by atoms with Gasteiger partial charge in [-0.1, -0.05) is 36.0 Å². The van der Waals surface area contributed by atoms with E-state index < -0.39 is 0 Å². The standard InChI is InChI=1S/C12H14/c1-4-7-9-11-12(6-3)10-8-5-2/h3-5,8,12H,1,7,10H2,2H3. The van der Waals surface area contributed by atoms with Gasteiger partial charge >= 0.3 is 0 Å². The van der Waals surface area contributed by atoms with Crippen molar-refractivity contribution in [3.63, 3.8) is 0 Å². The molecule has 0 N–H and O–H groups in total. The second-order valence-corrected chi connectivity index (χ2v) is 2.34. The fourth-order valence-electron chi connectivity index (χ4n) is 0.695. The minimum atomic E-state index is 0.0566. The summed E-state index contributed by atoms with van der Waals surface area (Å²) in [4.78, 5) is 0. The Morgan fingerprint density at radius 1 is 1.58 bits per heavy atom. The highest BCUT2D eigenvalue weighted by atomic mass is 14.0. The maximum Gasteiger partial charge on any atom is 0.0843 e. The molecule has 0 aliphatic rings. The average Bonchev–Trinajstić information content (AvgIpc) is 2.11. The van der Waals surface area contributed by atoms with Gasteiger partial charge < -0.3 is 0 Å². The Morgan fingerprint density at radius 2 is 2.33 bits per heavy atom. The summed E-state index contributed by atoms with van der Waals surface area (Å²) in [7, 11) is 0. The molecule has 0 aromatic rings. The van der Waals surface area contributed by atoms with Crippen molar-refractivity contribution in [3.8, 4) is 24.2 Å². The summed E-state index contributed by atoms with van der Waals surface area (Å²) in [5.74, 6) is 8.64. The molecule has 0 nitrogen and oxygen atoms in total. The lowest BCUT2D eigenvalue weighted by Gasteiger charge is -1.95. The SMILES string of the molecule is C#CC(C#CCC=C)CC=CC. The van der Waals surface area contributed by atoms with Crippen molar-refractivity contribution in [2.24, 2.45) is 5.92 Å². The number of rotatable bonds is 3. The van der Waals surface area contributed by atoms with Crippen molar-refractivity contribution in [1.29, 1.82) is 0 Å². The van der Waals surface area contributed by atoms with Crippen molar-refractivity contribution in [3.05, 3.63) is 24.8 Å². The van der Waals surface area contributed by atoms with E-state index in [9.17, 15) is 0 Å². The first kappa shape index (κ1) is 10.6. The van der Waals surface area contributed by atoms with E-state index in [4.69, 9.17) is 6.42 Å². The molecule has 0 aliphatic heterocycles. The first-order valence-electron chi connectivity index (χ1n) is 4.01. The van der Waals surface area contributed by atoms with Crippen LogP contribution in [0.3, 0.4) is 0 Å². The lowest BCUT2D eigenvalue weighted by Crippen LogP contribution is -1.89. The molecule has 0 saturated carbocycles. The van der Waals surface area contributed by atoms with Gasteiger partial charge in [-0.15, -0.1) is 13.0 Å². The highest BCUT2D eigenvalue weighted by Gasteiger charge is 1.94. The molecule has 62 valence electrons. The Morgan fingerprint density at radius 3 is 2.83 bits per heavy atom. The Balaban J connectivity index is 3.94. The summed E-state index contributed by atoms with van der Waals surface area (Å²) >= 11 is 0. The van der Waals surface area contributed by atoms with E-state index in [0.29, 0.717) is 6.42 Å². The largest absolute Gasteiger partial charge is 0.119 e. The van der Waals surface area contributed by atoms with Gasteiger partial charge in [0.25, 0.3) is 0 Å². The lowest BCUT2D eigenvalue weighted by molar-refractivity contribution is 0.894. The van der Waals surface area contributed by atoms with E-state index in [1.54, 1.807) is 6.08 Å². The van der Waals surface area contributed by atoms with Crippen LogP contribution in [0.5, 0.6) is 0 Å². The summed E-state index contributed by atoms with van der Waals surface area (Å²) in [5.41, 5.74) is 0. The third kappa shape index (κ3) is 5.39. The summed E-state index contributed by atoms with van der Waals surface area (Å²) in [5, 5.41) is 0. The van der Waals surface area contributed by atoms with Crippen LogP contribution in [0.15, 0.2) is 24.8 Å². The molecule has 0 bridgehead atoms. The molecular weight excluding hydrogens is 144 g/mol. The van der Waals surface area contributed by atoms with Crippen LogP contribution < -0.4 is 0 Å². The Bertz CT molecular complexity index is 239. The van der Waals surface area contributed by atoms with E-state index in [0.717, 1.165) is 6.42 Å². The van der Waals surface area contributed by atoms with Gasteiger partial charge in [-0.3, -0.25) is 0 Å². The Labute approximate surface area is 75.4 Å². The van der Waals surface area contributed by atoms with Crippen LogP contribution >= 0.6 is 0 Å². The minimum absolute atomic E-state index is 0.0566. The van der Waals surface area contributed by atoms with E-state index in [1.807, 2.05) is 19.1 Å². The van der Waals surface area contributed by atoms with Crippen molar-refractivity contribution >= 4 is 0 Å². The molecule has 0 spiro atoms. The highest BCUT2D eigenvalue weighted by molar-refractivity contribution is 5.17. The molecule has 0 aliphatic carbocycles. The smallest absolute Gasteiger partial charge is 0.0843 e. The van der Waals surface area contributed by atoms with Crippen LogP contribution in [0.4, 0.5) is 0 Å². The monoisotopic (exact) mass is 158 g/mol. The number of allylic oxidation sites excluding steroid dienone is 3. The second-order valence-electron chi connectivity index (χ2n) is 2.34. The van der Waals surface area contributed by atoms with Gasteiger partial charge in [-0.05, 0) is 13.3 Å². The summed E-state index contributed by atoms with van der Waals surface area (Å²) in [6.07, 6.45) is 12.6. The molecule has 1 atom stereocenters. The molecule has 0 radical (unpaired) electrons. The highest BCUT2D eigenvalue weighted by Crippen LogP contribution is 2.00. The van der Waals surface area contributed by atoms with Crippen LogP contribution in [0.25, 0.3) is 0 Å². The summed E-state index contributed by atoms with van der Waals surface area (Å²) in [6.45, 7) is 5.55. The van der Waals surface area contributed by atoms with Gasteiger partial charge in [0, 0.05) is 6.42 Å². The molecule has 0 saturated heterocycles. The molecule has 0 aromatic carbocycles. The van der Waals surface area contributed by atoms with Crippen molar-refractivity contribution in [2.45, 2.75) is 19.8 Å². The molecule has 0 fully saturated rings. The van der Waals surface area contributed by atoms with Crippen LogP contribution in [0.2, 0.25) is 0 Å². The van der Waals surface area contributed by atoms with Gasteiger partial charge in [0.2, 0.25) is 0 Å². The predicted octanol–water partition coefficient (Wildman–Crippen LogP) is 2.78. The van der Waals surface area contributed by atoms with E-state index >= 15 is 0 Å². The van der Waals surface area contributed by atoms with Gasteiger partial charge in [-0.25, -0.2) is 0 Å².